The number of carbonyl (C=O) groups excluding carboxylic acids is 2. The molecule has 5 rings (SSSR count). The van der Waals surface area contributed by atoms with E-state index in [1.807, 2.05) is 43.3 Å². The molecule has 0 bridgehead atoms. The Morgan fingerprint density at radius 3 is 1.51 bits per heavy atom. The van der Waals surface area contributed by atoms with Crippen LogP contribution in [0.4, 0.5) is 11.4 Å². The standard InChI is InChI=1S/C30H25Cl2N3O4.C6H6.C4H9NO/c1-18-4-5-19(16-26(18)31)28(36)34-21-7-11-23(12-8-21)39-24-13-9-22(10-14-24)35-29(37)25-15-6-20(17-27(25)32)30(33-2)38-3;1-2-4-6-5-3-1;1-4(5-2)6-3/h4-17H,1-3H3,(H,34,36)(H,35,37);1-6H;1-3H3. The second-order valence-electron chi connectivity index (χ2n) is 10.6. The molecule has 0 atom stereocenters. The maximum atomic E-state index is 12.7. The maximum Gasteiger partial charge on any atom is 0.257 e. The van der Waals surface area contributed by atoms with Crippen LogP contribution in [0.2, 0.25) is 10.0 Å². The van der Waals surface area contributed by atoms with Crippen LogP contribution in [-0.4, -0.2) is 51.9 Å². The van der Waals surface area contributed by atoms with Gasteiger partial charge in [-0.1, -0.05) is 65.7 Å². The Kier molecular flexibility index (Phi) is 16.2. The number of hydrogen-bond acceptors (Lipinski definition) is 7. The van der Waals surface area contributed by atoms with E-state index >= 15 is 0 Å². The number of hydrogen-bond donors (Lipinski definition) is 2. The Bertz CT molecular complexity index is 1910. The van der Waals surface area contributed by atoms with Gasteiger partial charge in [-0.2, -0.15) is 0 Å². The van der Waals surface area contributed by atoms with E-state index in [-0.39, 0.29) is 16.8 Å². The van der Waals surface area contributed by atoms with E-state index in [2.05, 4.69) is 25.4 Å². The highest BCUT2D eigenvalue weighted by Crippen LogP contribution is 2.26. The van der Waals surface area contributed by atoms with E-state index in [9.17, 15) is 9.59 Å². The second-order valence-corrected chi connectivity index (χ2v) is 11.4. The van der Waals surface area contributed by atoms with Gasteiger partial charge in [-0.25, -0.2) is 0 Å². The van der Waals surface area contributed by atoms with Gasteiger partial charge in [0.15, 0.2) is 5.90 Å². The summed E-state index contributed by atoms with van der Waals surface area (Å²) in [5.74, 6) is 1.70. The summed E-state index contributed by atoms with van der Waals surface area (Å²) in [7, 11) is 6.42. The Morgan fingerprint density at radius 2 is 1.10 bits per heavy atom. The summed E-state index contributed by atoms with van der Waals surface area (Å²) in [6.07, 6.45) is 0. The number of benzene rings is 5. The van der Waals surface area contributed by atoms with Crippen LogP contribution in [0.3, 0.4) is 0 Å². The first kappa shape index (κ1) is 39.8. The molecule has 51 heavy (non-hydrogen) atoms. The van der Waals surface area contributed by atoms with Crippen LogP contribution in [0.5, 0.6) is 11.5 Å². The molecule has 0 aromatic heterocycles. The first-order valence-corrected chi connectivity index (χ1v) is 16.4. The zero-order valence-corrected chi connectivity index (χ0v) is 30.8. The molecule has 0 spiro atoms. The van der Waals surface area contributed by atoms with E-state index in [1.165, 1.54) is 7.11 Å². The van der Waals surface area contributed by atoms with Crippen LogP contribution in [0, 0.1) is 6.92 Å². The highest BCUT2D eigenvalue weighted by atomic mass is 35.5. The molecule has 5 aromatic rings. The van der Waals surface area contributed by atoms with Crippen LogP contribution in [0.15, 0.2) is 131 Å². The van der Waals surface area contributed by atoms with Crippen molar-refractivity contribution >= 4 is 58.2 Å². The first-order chi connectivity index (χ1) is 24.6. The Hall–Kier alpha value is -5.64. The highest BCUT2D eigenvalue weighted by molar-refractivity contribution is 6.35. The molecule has 2 N–H and O–H groups in total. The molecule has 0 radical (unpaired) electrons. The summed E-state index contributed by atoms with van der Waals surface area (Å²) in [6.45, 7) is 3.68. The van der Waals surface area contributed by atoms with Gasteiger partial charge in [0, 0.05) is 48.5 Å². The van der Waals surface area contributed by atoms with Crippen molar-refractivity contribution < 1.29 is 23.8 Å². The van der Waals surface area contributed by atoms with Crippen molar-refractivity contribution in [2.75, 3.05) is 38.9 Å². The fraction of sp³-hybridized carbons (Fsp3) is 0.150. The molecule has 2 amide bonds. The zero-order chi connectivity index (χ0) is 37.2. The van der Waals surface area contributed by atoms with Crippen molar-refractivity contribution in [2.45, 2.75) is 13.8 Å². The second kappa shape index (κ2) is 20.8. The Balaban J connectivity index is 0.000000496. The third kappa shape index (κ3) is 13.0. The number of anilines is 2. The molecule has 264 valence electrons. The Labute approximate surface area is 308 Å². The molecule has 5 aromatic carbocycles. The topological polar surface area (TPSA) is 111 Å². The Morgan fingerprint density at radius 1 is 0.608 bits per heavy atom. The first-order valence-electron chi connectivity index (χ1n) is 15.6. The molecular weight excluding hydrogens is 687 g/mol. The van der Waals surface area contributed by atoms with Crippen molar-refractivity contribution in [3.63, 3.8) is 0 Å². The quantitative estimate of drug-likeness (QED) is 0.128. The number of halogens is 2. The van der Waals surface area contributed by atoms with E-state index in [1.54, 1.807) is 113 Å². The van der Waals surface area contributed by atoms with Crippen molar-refractivity contribution in [1.29, 1.82) is 0 Å². The monoisotopic (exact) mass is 726 g/mol. The van der Waals surface area contributed by atoms with Gasteiger partial charge in [-0.3, -0.25) is 19.6 Å². The molecule has 0 fully saturated rings. The summed E-state index contributed by atoms with van der Waals surface area (Å²) in [5, 5.41) is 6.49. The maximum absolute atomic E-state index is 12.7. The van der Waals surface area contributed by atoms with Crippen LogP contribution >= 0.6 is 23.2 Å². The predicted octanol–water partition coefficient (Wildman–Crippen LogP) is 9.99. The zero-order valence-electron chi connectivity index (χ0n) is 29.2. The summed E-state index contributed by atoms with van der Waals surface area (Å²) >= 11 is 12.4. The van der Waals surface area contributed by atoms with Gasteiger partial charge >= 0.3 is 0 Å². The van der Waals surface area contributed by atoms with Crippen LogP contribution in [0.25, 0.3) is 0 Å². The lowest BCUT2D eigenvalue weighted by atomic mass is 10.1. The molecule has 11 heteroatoms. The molecule has 0 saturated heterocycles. The SMILES string of the molecule is CN=C(C)OC.CN=C(OC)c1ccc(C(=O)Nc2ccc(Oc3ccc(NC(=O)c4ccc(C)c(Cl)c4)cc3)cc2)c(Cl)c1.c1ccccc1. The molecule has 0 aliphatic heterocycles. The number of aliphatic imine (C=N–C) groups is 2. The number of aryl methyl sites for hydroxylation is 1. The minimum absolute atomic E-state index is 0.255. The smallest absolute Gasteiger partial charge is 0.257 e. The van der Waals surface area contributed by atoms with Gasteiger partial charge in [-0.05, 0) is 91.3 Å². The fourth-order valence-electron chi connectivity index (χ4n) is 4.13. The lowest BCUT2D eigenvalue weighted by molar-refractivity contribution is 0.101. The number of carbonyl (C=O) groups is 2. The molecule has 0 aliphatic carbocycles. The minimum atomic E-state index is -0.349. The van der Waals surface area contributed by atoms with Gasteiger partial charge in [0.25, 0.3) is 11.8 Å². The fourth-order valence-corrected chi connectivity index (χ4v) is 4.58. The number of methoxy groups -OCH3 is 2. The van der Waals surface area contributed by atoms with E-state index in [4.69, 9.17) is 32.7 Å². The van der Waals surface area contributed by atoms with E-state index in [0.717, 1.165) is 11.5 Å². The lowest BCUT2D eigenvalue weighted by Gasteiger charge is -2.11. The van der Waals surface area contributed by atoms with Crippen molar-refractivity contribution in [1.82, 2.24) is 0 Å². The average molecular weight is 728 g/mol. The third-order valence-electron chi connectivity index (χ3n) is 7.03. The van der Waals surface area contributed by atoms with Gasteiger partial charge in [-0.15, -0.1) is 0 Å². The van der Waals surface area contributed by atoms with Crippen LogP contribution < -0.4 is 15.4 Å². The molecule has 0 saturated carbocycles. The van der Waals surface area contributed by atoms with Gasteiger partial charge in [0.05, 0.1) is 24.8 Å². The number of rotatable bonds is 7. The number of nitrogens with one attached hydrogen (secondary N) is 2. The van der Waals surface area contributed by atoms with E-state index in [0.29, 0.717) is 50.5 Å². The molecule has 0 aliphatic rings. The summed E-state index contributed by atoms with van der Waals surface area (Å²) in [6, 6.07) is 36.1. The minimum Gasteiger partial charge on any atom is -0.485 e. The normalized spacial score (nSPS) is 10.7. The number of ether oxygens (including phenoxy) is 3. The molecule has 0 heterocycles. The predicted molar refractivity (Wildman–Crippen MR) is 208 cm³/mol. The summed E-state index contributed by atoms with van der Waals surface area (Å²) < 4.78 is 15.7. The van der Waals surface area contributed by atoms with Gasteiger partial charge in [0.2, 0.25) is 5.90 Å². The van der Waals surface area contributed by atoms with Gasteiger partial charge in [0.1, 0.15) is 11.5 Å². The third-order valence-corrected chi connectivity index (χ3v) is 7.75. The summed E-state index contributed by atoms with van der Waals surface area (Å²) in [4.78, 5) is 33.0. The largest absolute Gasteiger partial charge is 0.485 e. The lowest BCUT2D eigenvalue weighted by Crippen LogP contribution is -2.13. The summed E-state index contributed by atoms with van der Waals surface area (Å²) in [5.41, 5.74) is 3.58. The van der Waals surface area contributed by atoms with Crippen molar-refractivity contribution in [3.8, 4) is 11.5 Å². The average Bonchev–Trinajstić information content (AvgIpc) is 3.15. The molecular formula is C40H40Cl2N4O5. The van der Waals surface area contributed by atoms with Crippen LogP contribution in [0.1, 0.15) is 38.8 Å². The number of nitrogens with zero attached hydrogens (tertiary/aromatic N) is 2. The van der Waals surface area contributed by atoms with Crippen molar-refractivity contribution in [3.05, 3.63) is 154 Å². The number of amides is 2. The van der Waals surface area contributed by atoms with Gasteiger partial charge < -0.3 is 24.8 Å². The van der Waals surface area contributed by atoms with Crippen molar-refractivity contribution in [2.24, 2.45) is 9.98 Å². The van der Waals surface area contributed by atoms with E-state index < -0.39 is 0 Å². The molecule has 9 nitrogen and oxygen atoms in total. The molecule has 0 unspecified atom stereocenters. The highest BCUT2D eigenvalue weighted by Gasteiger charge is 2.14. The van der Waals surface area contributed by atoms with Crippen LogP contribution in [-0.2, 0) is 9.47 Å².